The van der Waals surface area contributed by atoms with Crippen LogP contribution in [0.1, 0.15) is 25.7 Å². The van der Waals surface area contributed by atoms with Gasteiger partial charge in [0.2, 0.25) is 5.91 Å². The van der Waals surface area contributed by atoms with Crippen molar-refractivity contribution in [2.24, 2.45) is 11.8 Å². The Labute approximate surface area is 120 Å². The predicted molar refractivity (Wildman–Crippen MR) is 69.1 cm³/mol. The van der Waals surface area contributed by atoms with Gasteiger partial charge in [-0.3, -0.25) is 19.7 Å². The summed E-state index contributed by atoms with van der Waals surface area (Å²) in [6, 6.07) is -0.527. The largest absolute Gasteiger partial charge is 0.481 e. The molecule has 3 N–H and O–H groups in total. The van der Waals surface area contributed by atoms with Crippen molar-refractivity contribution < 1.29 is 24.3 Å². The minimum atomic E-state index is -1.00. The number of hydrogen-bond donors (Lipinski definition) is 3. The quantitative estimate of drug-likeness (QED) is 0.582. The Morgan fingerprint density at radius 3 is 2.52 bits per heavy atom. The predicted octanol–water partition coefficient (Wildman–Crippen LogP) is -0.702. The van der Waals surface area contributed by atoms with Crippen molar-refractivity contribution in [2.45, 2.75) is 31.2 Å². The molecule has 3 fully saturated rings. The van der Waals surface area contributed by atoms with Gasteiger partial charge in [0, 0.05) is 12.5 Å². The monoisotopic (exact) mass is 295 g/mol. The molecule has 0 aromatic rings. The van der Waals surface area contributed by atoms with E-state index in [1.807, 2.05) is 0 Å². The van der Waals surface area contributed by atoms with Crippen molar-refractivity contribution in [1.29, 1.82) is 0 Å². The number of nitrogens with zero attached hydrogens (tertiary/aromatic N) is 1. The Morgan fingerprint density at radius 1 is 1.24 bits per heavy atom. The minimum absolute atomic E-state index is 0.107. The van der Waals surface area contributed by atoms with E-state index in [0.717, 1.165) is 0 Å². The lowest BCUT2D eigenvalue weighted by atomic mass is 9.99. The topological polar surface area (TPSA) is 116 Å². The number of carbonyl (C=O) groups is 4. The SMILES string of the molecule is O=C1NC(=O)C2(CCN(C(=O)C3CCC(C(=O)O)C3)C2)N1. The molecule has 1 spiro atoms. The van der Waals surface area contributed by atoms with Crippen LogP contribution in [0.2, 0.25) is 0 Å². The average Bonchev–Trinajstić information content (AvgIpc) is 3.10. The summed E-state index contributed by atoms with van der Waals surface area (Å²) in [6.07, 6.45) is 1.83. The molecule has 1 aliphatic carbocycles. The summed E-state index contributed by atoms with van der Waals surface area (Å²) >= 11 is 0. The molecule has 3 aliphatic rings. The van der Waals surface area contributed by atoms with Crippen molar-refractivity contribution >= 4 is 23.8 Å². The van der Waals surface area contributed by atoms with Crippen LogP contribution in [-0.2, 0) is 14.4 Å². The van der Waals surface area contributed by atoms with E-state index in [9.17, 15) is 19.2 Å². The van der Waals surface area contributed by atoms with Crippen molar-refractivity contribution in [3.63, 3.8) is 0 Å². The number of urea groups is 1. The fourth-order valence-electron chi connectivity index (χ4n) is 3.50. The molecular weight excluding hydrogens is 278 g/mol. The van der Waals surface area contributed by atoms with Gasteiger partial charge in [-0.15, -0.1) is 0 Å². The van der Waals surface area contributed by atoms with Gasteiger partial charge in [0.05, 0.1) is 12.5 Å². The van der Waals surface area contributed by atoms with Gasteiger partial charge >= 0.3 is 12.0 Å². The van der Waals surface area contributed by atoms with Crippen LogP contribution in [0.5, 0.6) is 0 Å². The molecule has 3 unspecified atom stereocenters. The number of hydrogen-bond acceptors (Lipinski definition) is 4. The van der Waals surface area contributed by atoms with Crippen LogP contribution in [0.4, 0.5) is 4.79 Å². The molecule has 2 aliphatic heterocycles. The summed E-state index contributed by atoms with van der Waals surface area (Å²) in [4.78, 5) is 48.0. The van der Waals surface area contributed by atoms with Gasteiger partial charge in [-0.1, -0.05) is 0 Å². The number of aliphatic carboxylic acids is 1. The van der Waals surface area contributed by atoms with E-state index in [1.165, 1.54) is 0 Å². The Hall–Kier alpha value is -2.12. The smallest absolute Gasteiger partial charge is 0.322 e. The van der Waals surface area contributed by atoms with Crippen LogP contribution >= 0.6 is 0 Å². The van der Waals surface area contributed by atoms with Gasteiger partial charge in [-0.25, -0.2) is 4.79 Å². The first kappa shape index (κ1) is 13.8. The van der Waals surface area contributed by atoms with Gasteiger partial charge in [-0.05, 0) is 25.7 Å². The van der Waals surface area contributed by atoms with E-state index < -0.39 is 29.4 Å². The molecular formula is C13H17N3O5. The van der Waals surface area contributed by atoms with Crippen molar-refractivity contribution in [1.82, 2.24) is 15.5 Å². The maximum absolute atomic E-state index is 12.4. The summed E-state index contributed by atoms with van der Waals surface area (Å²) in [6.45, 7) is 0.568. The zero-order valence-corrected chi connectivity index (χ0v) is 11.4. The molecule has 0 aromatic carbocycles. The van der Waals surface area contributed by atoms with Gasteiger partial charge in [-0.2, -0.15) is 0 Å². The highest BCUT2D eigenvalue weighted by atomic mass is 16.4. The Bertz CT molecular complexity index is 534. The minimum Gasteiger partial charge on any atom is -0.481 e. The first-order chi connectivity index (χ1) is 9.91. The third-order valence-electron chi connectivity index (χ3n) is 4.73. The fraction of sp³-hybridized carbons (Fsp3) is 0.692. The summed E-state index contributed by atoms with van der Waals surface area (Å²) < 4.78 is 0. The summed E-state index contributed by atoms with van der Waals surface area (Å²) in [7, 11) is 0. The molecule has 8 nitrogen and oxygen atoms in total. The highest BCUT2D eigenvalue weighted by Crippen LogP contribution is 2.34. The number of carboxylic acids is 1. The number of imide groups is 1. The van der Waals surface area contributed by atoms with E-state index >= 15 is 0 Å². The second-order valence-electron chi connectivity index (χ2n) is 6.05. The van der Waals surface area contributed by atoms with E-state index in [4.69, 9.17) is 5.11 Å². The van der Waals surface area contributed by atoms with Crippen LogP contribution in [0.25, 0.3) is 0 Å². The number of carbonyl (C=O) groups excluding carboxylic acids is 3. The zero-order valence-electron chi connectivity index (χ0n) is 11.4. The van der Waals surface area contributed by atoms with Crippen molar-refractivity contribution in [3.8, 4) is 0 Å². The lowest BCUT2D eigenvalue weighted by Crippen LogP contribution is -2.50. The van der Waals surface area contributed by atoms with E-state index in [0.29, 0.717) is 32.2 Å². The first-order valence-corrected chi connectivity index (χ1v) is 7.06. The van der Waals surface area contributed by atoms with E-state index in [-0.39, 0.29) is 18.4 Å². The molecule has 2 heterocycles. The molecule has 4 amide bonds. The lowest BCUT2D eigenvalue weighted by Gasteiger charge is -2.23. The van der Waals surface area contributed by atoms with Crippen molar-refractivity contribution in [2.75, 3.05) is 13.1 Å². The fourth-order valence-corrected chi connectivity index (χ4v) is 3.50. The molecule has 2 saturated heterocycles. The third-order valence-corrected chi connectivity index (χ3v) is 4.73. The summed E-state index contributed by atoms with van der Waals surface area (Å²) in [5, 5.41) is 13.8. The summed E-state index contributed by atoms with van der Waals surface area (Å²) in [5.74, 6) is -2.10. The second-order valence-corrected chi connectivity index (χ2v) is 6.05. The number of nitrogens with one attached hydrogen (secondary N) is 2. The van der Waals surface area contributed by atoms with E-state index in [2.05, 4.69) is 10.6 Å². The van der Waals surface area contributed by atoms with Crippen LogP contribution in [-0.4, -0.2) is 52.4 Å². The zero-order chi connectivity index (χ0) is 15.2. The molecule has 3 atom stereocenters. The molecule has 8 heteroatoms. The Morgan fingerprint density at radius 2 is 1.95 bits per heavy atom. The average molecular weight is 295 g/mol. The van der Waals surface area contributed by atoms with E-state index in [1.54, 1.807) is 4.90 Å². The molecule has 0 aromatic heterocycles. The molecule has 3 rings (SSSR count). The van der Waals surface area contributed by atoms with Crippen molar-refractivity contribution in [3.05, 3.63) is 0 Å². The maximum atomic E-state index is 12.4. The van der Waals surface area contributed by atoms with Gasteiger partial charge in [0.1, 0.15) is 5.54 Å². The molecule has 0 bridgehead atoms. The molecule has 21 heavy (non-hydrogen) atoms. The van der Waals surface area contributed by atoms with Crippen LogP contribution < -0.4 is 10.6 Å². The first-order valence-electron chi connectivity index (χ1n) is 7.06. The molecule has 0 radical (unpaired) electrons. The maximum Gasteiger partial charge on any atom is 0.322 e. The van der Waals surface area contributed by atoms with Gasteiger partial charge < -0.3 is 15.3 Å². The molecule has 1 saturated carbocycles. The molecule has 114 valence electrons. The number of rotatable bonds is 2. The third kappa shape index (κ3) is 2.24. The Balaban J connectivity index is 1.64. The van der Waals surface area contributed by atoms with Crippen LogP contribution in [0, 0.1) is 11.8 Å². The number of amides is 4. The standard InChI is InChI=1S/C13H17N3O5/c17-9(7-1-2-8(5-7)10(18)19)16-4-3-13(6-16)11(20)14-12(21)15-13/h7-8H,1-6H2,(H,18,19)(H2,14,15,20,21). The second kappa shape index (κ2) is 4.71. The normalized spacial score (nSPS) is 35.1. The van der Waals surface area contributed by atoms with Gasteiger partial charge in [0.15, 0.2) is 0 Å². The highest BCUT2D eigenvalue weighted by molar-refractivity contribution is 6.07. The lowest BCUT2D eigenvalue weighted by molar-refractivity contribution is -0.141. The number of carboxylic acid groups (broad SMARTS) is 1. The number of likely N-dealkylation sites (tertiary alicyclic amines) is 1. The summed E-state index contributed by atoms with van der Waals surface area (Å²) in [5.41, 5.74) is -1.00. The Kier molecular flexibility index (Phi) is 3.11. The van der Waals surface area contributed by atoms with Crippen LogP contribution in [0.15, 0.2) is 0 Å². The van der Waals surface area contributed by atoms with Crippen LogP contribution in [0.3, 0.4) is 0 Å². The highest BCUT2D eigenvalue weighted by Gasteiger charge is 2.52. The van der Waals surface area contributed by atoms with Gasteiger partial charge in [0.25, 0.3) is 5.91 Å².